The van der Waals surface area contributed by atoms with Gasteiger partial charge in [-0.15, -0.1) is 0 Å². The van der Waals surface area contributed by atoms with Gasteiger partial charge in [0.15, 0.2) is 0 Å². The number of carboxylic acid groups (broad SMARTS) is 2. The molecule has 0 unspecified atom stereocenters. The third-order valence-electron chi connectivity index (χ3n) is 3.41. The summed E-state index contributed by atoms with van der Waals surface area (Å²) in [7, 11) is 0. The van der Waals surface area contributed by atoms with Gasteiger partial charge >= 0.3 is 11.9 Å². The zero-order valence-electron chi connectivity index (χ0n) is 10.0. The maximum Gasteiger partial charge on any atom is 0.306 e. The minimum atomic E-state index is -0.609. The van der Waals surface area contributed by atoms with Crippen molar-refractivity contribution in [3.63, 3.8) is 0 Å². The first kappa shape index (κ1) is 16.9. The molecule has 96 valence electrons. The van der Waals surface area contributed by atoms with Crippen molar-refractivity contribution in [1.82, 2.24) is 0 Å². The SMILES string of the molecule is O=C(O)C1CCCC1.O=C(O)C1CCCC1.[Pb]. The van der Waals surface area contributed by atoms with Gasteiger partial charge in [0.25, 0.3) is 0 Å². The molecule has 0 spiro atoms. The van der Waals surface area contributed by atoms with Crippen molar-refractivity contribution in [3.8, 4) is 0 Å². The fourth-order valence-electron chi connectivity index (χ4n) is 2.35. The Morgan fingerprint density at radius 2 is 0.941 bits per heavy atom. The summed E-state index contributed by atoms with van der Waals surface area (Å²) in [6, 6.07) is 0. The van der Waals surface area contributed by atoms with E-state index in [0.717, 1.165) is 51.4 Å². The molecule has 0 aromatic rings. The molecule has 5 heteroatoms. The topological polar surface area (TPSA) is 74.6 Å². The van der Waals surface area contributed by atoms with E-state index in [1.807, 2.05) is 0 Å². The van der Waals surface area contributed by atoms with Crippen molar-refractivity contribution in [2.45, 2.75) is 51.4 Å². The standard InChI is InChI=1S/2C6H10O2.Pb/c2*7-6(8)5-3-1-2-4-5;/h2*5H,1-4H2,(H,7,8);. The molecule has 0 saturated heterocycles. The number of rotatable bonds is 2. The van der Waals surface area contributed by atoms with Crippen LogP contribution < -0.4 is 0 Å². The van der Waals surface area contributed by atoms with E-state index in [1.165, 1.54) is 0 Å². The van der Waals surface area contributed by atoms with Crippen molar-refractivity contribution in [2.75, 3.05) is 0 Å². The Balaban J connectivity index is 0.000000284. The summed E-state index contributed by atoms with van der Waals surface area (Å²) in [5, 5.41) is 16.8. The average Bonchev–Trinajstić information content (AvgIpc) is 2.93. The van der Waals surface area contributed by atoms with Gasteiger partial charge in [0.1, 0.15) is 0 Å². The number of carboxylic acids is 2. The number of hydrogen-bond acceptors (Lipinski definition) is 2. The van der Waals surface area contributed by atoms with Crippen LogP contribution in [0.15, 0.2) is 0 Å². The van der Waals surface area contributed by atoms with Crippen LogP contribution >= 0.6 is 0 Å². The molecule has 0 aliphatic heterocycles. The summed E-state index contributed by atoms with van der Waals surface area (Å²) in [5.74, 6) is -1.25. The molecule has 0 amide bonds. The molecule has 0 aromatic heterocycles. The first-order valence-corrected chi connectivity index (χ1v) is 6.07. The first-order chi connectivity index (χ1) is 7.61. The largest absolute Gasteiger partial charge is 0.481 e. The second-order valence-corrected chi connectivity index (χ2v) is 4.64. The minimum absolute atomic E-state index is 0. The number of carbonyl (C=O) groups is 2. The van der Waals surface area contributed by atoms with Gasteiger partial charge in [0.2, 0.25) is 0 Å². The van der Waals surface area contributed by atoms with Crippen LogP contribution in [-0.4, -0.2) is 49.5 Å². The van der Waals surface area contributed by atoms with Gasteiger partial charge in [0.05, 0.1) is 11.8 Å². The number of hydrogen-bond donors (Lipinski definition) is 2. The Morgan fingerprint density at radius 3 is 1.06 bits per heavy atom. The monoisotopic (exact) mass is 436 g/mol. The van der Waals surface area contributed by atoms with Crippen molar-refractivity contribution >= 4 is 39.2 Å². The van der Waals surface area contributed by atoms with Gasteiger partial charge < -0.3 is 10.2 Å². The van der Waals surface area contributed by atoms with Gasteiger partial charge in [-0.1, -0.05) is 25.7 Å². The van der Waals surface area contributed by atoms with Crippen molar-refractivity contribution in [2.24, 2.45) is 11.8 Å². The molecule has 2 rings (SSSR count). The van der Waals surface area contributed by atoms with E-state index < -0.39 is 11.9 Å². The predicted octanol–water partition coefficient (Wildman–Crippen LogP) is 2.14. The van der Waals surface area contributed by atoms with E-state index in [-0.39, 0.29) is 39.1 Å². The van der Waals surface area contributed by atoms with Crippen molar-refractivity contribution in [1.29, 1.82) is 0 Å². The maximum atomic E-state index is 10.2. The zero-order chi connectivity index (χ0) is 12.0. The summed E-state index contributed by atoms with van der Waals surface area (Å²) in [4.78, 5) is 20.4. The average molecular weight is 435 g/mol. The molecule has 0 heterocycles. The summed E-state index contributed by atoms with van der Waals surface area (Å²) >= 11 is 0. The molecule has 2 saturated carbocycles. The molecule has 17 heavy (non-hydrogen) atoms. The Bertz CT molecular complexity index is 217. The second kappa shape index (κ2) is 8.88. The van der Waals surface area contributed by atoms with Crippen molar-refractivity contribution in [3.05, 3.63) is 0 Å². The third-order valence-corrected chi connectivity index (χ3v) is 3.41. The van der Waals surface area contributed by atoms with Crippen LogP contribution in [0, 0.1) is 11.8 Å². The smallest absolute Gasteiger partial charge is 0.306 e. The molecule has 2 fully saturated rings. The van der Waals surface area contributed by atoms with E-state index >= 15 is 0 Å². The van der Waals surface area contributed by atoms with Crippen molar-refractivity contribution < 1.29 is 19.8 Å². The van der Waals surface area contributed by atoms with Crippen LogP contribution in [0.1, 0.15) is 51.4 Å². The van der Waals surface area contributed by atoms with E-state index in [1.54, 1.807) is 0 Å². The Morgan fingerprint density at radius 1 is 0.706 bits per heavy atom. The fraction of sp³-hybridized carbons (Fsp3) is 0.833. The van der Waals surface area contributed by atoms with Gasteiger partial charge in [-0.25, -0.2) is 0 Å². The molecule has 2 N–H and O–H groups in total. The molecule has 0 atom stereocenters. The van der Waals surface area contributed by atoms with E-state index in [0.29, 0.717) is 0 Å². The third kappa shape index (κ3) is 6.38. The van der Waals surface area contributed by atoms with Crippen LogP contribution in [0.2, 0.25) is 0 Å². The first-order valence-electron chi connectivity index (χ1n) is 6.07. The Labute approximate surface area is 122 Å². The molecular formula is C12H20O4Pb. The molecular weight excluding hydrogens is 415 g/mol. The molecule has 2 aliphatic carbocycles. The summed E-state index contributed by atoms with van der Waals surface area (Å²) in [5.41, 5.74) is 0. The summed E-state index contributed by atoms with van der Waals surface area (Å²) in [6.45, 7) is 0. The Kier molecular flexibility index (Phi) is 8.81. The normalized spacial score (nSPS) is 20.2. The number of aliphatic carboxylic acids is 2. The van der Waals surface area contributed by atoms with Gasteiger partial charge in [-0.2, -0.15) is 0 Å². The molecule has 0 bridgehead atoms. The zero-order valence-corrected chi connectivity index (χ0v) is 13.9. The van der Waals surface area contributed by atoms with Crippen LogP contribution in [0.4, 0.5) is 0 Å². The van der Waals surface area contributed by atoms with E-state index in [2.05, 4.69) is 0 Å². The fourth-order valence-corrected chi connectivity index (χ4v) is 2.35. The summed E-state index contributed by atoms with van der Waals surface area (Å²) < 4.78 is 0. The van der Waals surface area contributed by atoms with Gasteiger partial charge in [0, 0.05) is 27.3 Å². The van der Waals surface area contributed by atoms with Crippen LogP contribution in [-0.2, 0) is 9.59 Å². The van der Waals surface area contributed by atoms with E-state index in [9.17, 15) is 9.59 Å². The van der Waals surface area contributed by atoms with Crippen LogP contribution in [0.5, 0.6) is 0 Å². The molecule has 2 aliphatic rings. The minimum Gasteiger partial charge on any atom is -0.481 e. The molecule has 4 radical (unpaired) electrons. The quantitative estimate of drug-likeness (QED) is 0.652. The van der Waals surface area contributed by atoms with Gasteiger partial charge in [-0.3, -0.25) is 9.59 Å². The molecule has 0 aromatic carbocycles. The molecule has 4 nitrogen and oxygen atoms in total. The van der Waals surface area contributed by atoms with Gasteiger partial charge in [-0.05, 0) is 25.7 Å². The van der Waals surface area contributed by atoms with E-state index in [4.69, 9.17) is 10.2 Å². The Hall–Kier alpha value is -0.138. The summed E-state index contributed by atoms with van der Waals surface area (Å²) in [6.07, 6.45) is 8.02. The predicted molar refractivity (Wildman–Crippen MR) is 64.9 cm³/mol. The second-order valence-electron chi connectivity index (χ2n) is 4.64. The maximum absolute atomic E-state index is 10.2. The van der Waals surface area contributed by atoms with Crippen LogP contribution in [0.3, 0.4) is 0 Å². The van der Waals surface area contributed by atoms with Crippen LogP contribution in [0.25, 0.3) is 0 Å².